The van der Waals surface area contributed by atoms with Crippen molar-refractivity contribution in [3.05, 3.63) is 64.1 Å². The van der Waals surface area contributed by atoms with Crippen LogP contribution in [0, 0.1) is 0 Å². The molecule has 0 amide bonds. The first-order chi connectivity index (χ1) is 12.6. The highest BCUT2D eigenvalue weighted by Gasteiger charge is 2.07. The third kappa shape index (κ3) is 8.06. The van der Waals surface area contributed by atoms with E-state index in [4.69, 9.17) is 4.74 Å². The molecule has 0 saturated carbocycles. The van der Waals surface area contributed by atoms with Gasteiger partial charge in [-0.25, -0.2) is 4.99 Å². The fourth-order valence-electron chi connectivity index (χ4n) is 2.49. The zero-order valence-corrected chi connectivity index (χ0v) is 19.5. The Hall–Kier alpha value is -1.32. The smallest absolute Gasteiger partial charge is 0.191 e. The predicted octanol–water partition coefficient (Wildman–Crippen LogP) is 4.25. The molecule has 2 aromatic rings. The molecule has 2 rings (SSSR count). The van der Waals surface area contributed by atoms with Gasteiger partial charge in [-0.15, -0.1) is 24.0 Å². The third-order valence-corrected chi connectivity index (χ3v) is 4.49. The number of rotatable bonds is 8. The number of methoxy groups -OCH3 is 1. The van der Waals surface area contributed by atoms with Crippen LogP contribution >= 0.6 is 39.9 Å². The molecule has 0 heterocycles. The van der Waals surface area contributed by atoms with E-state index in [1.165, 1.54) is 0 Å². The Kier molecular flexibility index (Phi) is 11.4. The van der Waals surface area contributed by atoms with E-state index in [9.17, 15) is 5.11 Å². The van der Waals surface area contributed by atoms with Crippen molar-refractivity contribution < 1.29 is 9.84 Å². The fraction of sp³-hybridized carbons (Fsp3) is 0.350. The zero-order valence-electron chi connectivity index (χ0n) is 15.6. The van der Waals surface area contributed by atoms with Crippen LogP contribution < -0.4 is 15.4 Å². The number of nitrogens with one attached hydrogen (secondary N) is 2. The van der Waals surface area contributed by atoms with Crippen LogP contribution in [0.2, 0.25) is 0 Å². The number of benzene rings is 2. The van der Waals surface area contributed by atoms with Gasteiger partial charge in [0.2, 0.25) is 0 Å². The molecule has 2 aromatic carbocycles. The minimum atomic E-state index is -0.482. The van der Waals surface area contributed by atoms with Gasteiger partial charge in [0.1, 0.15) is 5.75 Å². The second kappa shape index (κ2) is 13.0. The average molecular weight is 548 g/mol. The van der Waals surface area contributed by atoms with Crippen LogP contribution in [0.3, 0.4) is 0 Å². The summed E-state index contributed by atoms with van der Waals surface area (Å²) in [6, 6.07) is 15.6. The Morgan fingerprint density at radius 3 is 2.56 bits per heavy atom. The lowest BCUT2D eigenvalue weighted by Crippen LogP contribution is -2.38. The Bertz CT molecular complexity index is 714. The van der Waals surface area contributed by atoms with Crippen LogP contribution in [0.1, 0.15) is 30.6 Å². The van der Waals surface area contributed by atoms with Gasteiger partial charge in [-0.2, -0.15) is 0 Å². The maximum atomic E-state index is 10.2. The Morgan fingerprint density at radius 1 is 1.19 bits per heavy atom. The summed E-state index contributed by atoms with van der Waals surface area (Å²) in [5.41, 5.74) is 2.01. The van der Waals surface area contributed by atoms with E-state index in [0.29, 0.717) is 19.5 Å². The van der Waals surface area contributed by atoms with Crippen molar-refractivity contribution in [2.45, 2.75) is 26.0 Å². The van der Waals surface area contributed by atoms with Crippen LogP contribution in [0.15, 0.2) is 58.0 Å². The first kappa shape index (κ1) is 23.7. The molecule has 0 spiro atoms. The number of aliphatic imine (C=N–C) groups is 1. The molecule has 0 fully saturated rings. The van der Waals surface area contributed by atoms with Crippen LogP contribution in [0.5, 0.6) is 5.75 Å². The normalized spacial score (nSPS) is 12.1. The minimum absolute atomic E-state index is 0. The van der Waals surface area contributed by atoms with Gasteiger partial charge in [0.15, 0.2) is 5.96 Å². The molecule has 0 aliphatic heterocycles. The Morgan fingerprint density at radius 2 is 1.93 bits per heavy atom. The standard InChI is InChI=1S/C20H26BrN3O2.HI/c1-3-22-20(23-12-11-18(25)16-7-5-4-6-8-16)24-14-15-9-10-19(26-2)17(21)13-15;/h4-10,13,18,25H,3,11-12,14H2,1-2H3,(H2,22,23,24);1H. The molecule has 0 radical (unpaired) electrons. The van der Waals surface area contributed by atoms with E-state index in [1.54, 1.807) is 7.11 Å². The highest BCUT2D eigenvalue weighted by molar-refractivity contribution is 14.0. The molecule has 1 atom stereocenters. The molecule has 0 aliphatic rings. The summed E-state index contributed by atoms with van der Waals surface area (Å²) in [6.07, 6.45) is 0.131. The number of guanidine groups is 1. The van der Waals surface area contributed by atoms with Gasteiger partial charge in [0.25, 0.3) is 0 Å². The molecular formula is C20H27BrIN3O2. The van der Waals surface area contributed by atoms with Crippen LogP contribution in [0.25, 0.3) is 0 Å². The average Bonchev–Trinajstić information content (AvgIpc) is 2.66. The summed E-state index contributed by atoms with van der Waals surface area (Å²) in [6.45, 7) is 3.99. The zero-order chi connectivity index (χ0) is 18.8. The lowest BCUT2D eigenvalue weighted by atomic mass is 10.1. The Balaban J connectivity index is 0.00000364. The first-order valence-electron chi connectivity index (χ1n) is 8.71. The molecule has 0 aromatic heterocycles. The SMILES string of the molecule is CCNC(=NCc1ccc(OC)c(Br)c1)NCCC(O)c1ccccc1.I. The fourth-order valence-corrected chi connectivity index (χ4v) is 3.08. The second-order valence-corrected chi connectivity index (χ2v) is 6.66. The maximum absolute atomic E-state index is 10.2. The maximum Gasteiger partial charge on any atom is 0.191 e. The highest BCUT2D eigenvalue weighted by Crippen LogP contribution is 2.25. The van der Waals surface area contributed by atoms with E-state index in [0.717, 1.165) is 33.9 Å². The van der Waals surface area contributed by atoms with E-state index < -0.39 is 6.10 Å². The summed E-state index contributed by atoms with van der Waals surface area (Å²) in [7, 11) is 1.65. The van der Waals surface area contributed by atoms with Crippen molar-refractivity contribution in [1.82, 2.24) is 10.6 Å². The summed E-state index contributed by atoms with van der Waals surface area (Å²) >= 11 is 3.49. The van der Waals surface area contributed by atoms with Gasteiger partial charge in [0, 0.05) is 13.1 Å². The topological polar surface area (TPSA) is 65.9 Å². The number of aliphatic hydroxyl groups is 1. The molecule has 0 saturated heterocycles. The third-order valence-electron chi connectivity index (χ3n) is 3.87. The monoisotopic (exact) mass is 547 g/mol. The van der Waals surface area contributed by atoms with Crippen molar-refractivity contribution >= 4 is 45.9 Å². The van der Waals surface area contributed by atoms with Gasteiger partial charge in [-0.3, -0.25) is 0 Å². The van der Waals surface area contributed by atoms with Crippen molar-refractivity contribution in [3.63, 3.8) is 0 Å². The number of nitrogens with zero attached hydrogens (tertiary/aromatic N) is 1. The predicted molar refractivity (Wildman–Crippen MR) is 125 cm³/mol. The van der Waals surface area contributed by atoms with Gasteiger partial charge < -0.3 is 20.5 Å². The molecule has 0 aliphatic carbocycles. The number of aliphatic hydroxyl groups excluding tert-OH is 1. The molecule has 7 heteroatoms. The Labute approximate surface area is 186 Å². The highest BCUT2D eigenvalue weighted by atomic mass is 127. The lowest BCUT2D eigenvalue weighted by molar-refractivity contribution is 0.168. The molecule has 1 unspecified atom stereocenters. The summed E-state index contributed by atoms with van der Waals surface area (Å²) in [5, 5.41) is 16.7. The van der Waals surface area contributed by atoms with E-state index in [2.05, 4.69) is 31.6 Å². The summed E-state index contributed by atoms with van der Waals surface area (Å²) < 4.78 is 6.16. The molecule has 5 nitrogen and oxygen atoms in total. The second-order valence-electron chi connectivity index (χ2n) is 5.81. The van der Waals surface area contributed by atoms with Crippen molar-refractivity contribution in [3.8, 4) is 5.75 Å². The van der Waals surface area contributed by atoms with Crippen LogP contribution in [-0.4, -0.2) is 31.3 Å². The largest absolute Gasteiger partial charge is 0.496 e. The number of ether oxygens (including phenoxy) is 1. The molecular weight excluding hydrogens is 521 g/mol. The van der Waals surface area contributed by atoms with Crippen LogP contribution in [0.4, 0.5) is 0 Å². The van der Waals surface area contributed by atoms with Crippen molar-refractivity contribution in [1.29, 1.82) is 0 Å². The van der Waals surface area contributed by atoms with E-state index in [-0.39, 0.29) is 24.0 Å². The quantitative estimate of drug-likeness (QED) is 0.262. The van der Waals surface area contributed by atoms with Gasteiger partial charge in [0.05, 0.1) is 24.2 Å². The van der Waals surface area contributed by atoms with E-state index in [1.807, 2.05) is 55.5 Å². The number of hydrogen-bond donors (Lipinski definition) is 3. The van der Waals surface area contributed by atoms with Crippen LogP contribution in [-0.2, 0) is 6.54 Å². The van der Waals surface area contributed by atoms with Crippen molar-refractivity contribution in [2.24, 2.45) is 4.99 Å². The molecule has 27 heavy (non-hydrogen) atoms. The minimum Gasteiger partial charge on any atom is -0.496 e. The first-order valence-corrected chi connectivity index (χ1v) is 9.51. The van der Waals surface area contributed by atoms with Gasteiger partial charge in [-0.1, -0.05) is 36.4 Å². The number of hydrogen-bond acceptors (Lipinski definition) is 3. The summed E-state index contributed by atoms with van der Waals surface area (Å²) in [5.74, 6) is 1.54. The van der Waals surface area contributed by atoms with Crippen molar-refractivity contribution in [2.75, 3.05) is 20.2 Å². The van der Waals surface area contributed by atoms with E-state index >= 15 is 0 Å². The molecule has 148 valence electrons. The molecule has 3 N–H and O–H groups in total. The lowest BCUT2D eigenvalue weighted by Gasteiger charge is -2.14. The molecule has 0 bridgehead atoms. The number of halogens is 2. The van der Waals surface area contributed by atoms with Gasteiger partial charge >= 0.3 is 0 Å². The van der Waals surface area contributed by atoms with Gasteiger partial charge in [-0.05, 0) is 52.5 Å². The summed E-state index contributed by atoms with van der Waals surface area (Å²) in [4.78, 5) is 4.60.